The molecular weight excluding hydrogens is 264 g/mol. The van der Waals surface area contributed by atoms with Crippen LogP contribution in [0.4, 0.5) is 0 Å². The van der Waals surface area contributed by atoms with E-state index in [0.29, 0.717) is 29.7 Å². The number of ether oxygens (including phenoxy) is 1. The highest BCUT2D eigenvalue weighted by Crippen LogP contribution is 2.43. The van der Waals surface area contributed by atoms with E-state index in [1.807, 2.05) is 6.07 Å². The molecule has 0 amide bonds. The Balaban J connectivity index is 2.06. The average Bonchev–Trinajstić information content (AvgIpc) is 2.83. The van der Waals surface area contributed by atoms with Crippen LogP contribution in [0.2, 0.25) is 5.02 Å². The van der Waals surface area contributed by atoms with E-state index in [1.165, 1.54) is 0 Å². The summed E-state index contributed by atoms with van der Waals surface area (Å²) in [7, 11) is 0. The summed E-state index contributed by atoms with van der Waals surface area (Å²) in [6.07, 6.45) is 1.14. The van der Waals surface area contributed by atoms with Crippen LogP contribution in [0.25, 0.3) is 0 Å². The number of fused-ring (bicyclic) bond motifs is 1. The largest absolute Gasteiger partial charge is 0.376 e. The van der Waals surface area contributed by atoms with Gasteiger partial charge in [-0.25, -0.2) is 0 Å². The first-order valence-electron chi connectivity index (χ1n) is 6.36. The summed E-state index contributed by atoms with van der Waals surface area (Å²) >= 11 is 6.32. The quantitative estimate of drug-likeness (QED) is 0.857. The maximum atomic E-state index is 9.06. The predicted molar refractivity (Wildman–Crippen MR) is 70.5 cm³/mol. The van der Waals surface area contributed by atoms with E-state index in [9.17, 15) is 0 Å². The van der Waals surface area contributed by atoms with E-state index in [4.69, 9.17) is 26.4 Å². The fraction of sp³-hybridized carbons (Fsp3) is 0.500. The second-order valence-electron chi connectivity index (χ2n) is 5.25. The van der Waals surface area contributed by atoms with Gasteiger partial charge in [-0.05, 0) is 37.1 Å². The molecule has 2 saturated heterocycles. The molecule has 1 aromatic carbocycles. The van der Waals surface area contributed by atoms with Crippen molar-refractivity contribution in [1.29, 1.82) is 5.26 Å². The molecule has 0 aromatic heterocycles. The normalized spacial score (nSPS) is 33.7. The lowest BCUT2D eigenvalue weighted by Gasteiger charge is -2.40. The molecule has 5 heteroatoms. The molecule has 1 N–H and O–H groups in total. The first kappa shape index (κ1) is 12.9. The lowest BCUT2D eigenvalue weighted by atomic mass is 9.75. The number of nitrogens with one attached hydrogen (secondary N) is 1. The van der Waals surface area contributed by atoms with Crippen LogP contribution in [0, 0.1) is 17.2 Å². The first-order chi connectivity index (χ1) is 9.15. The summed E-state index contributed by atoms with van der Waals surface area (Å²) in [6.45, 7) is 3.21. The van der Waals surface area contributed by atoms with Crippen molar-refractivity contribution in [3.63, 3.8) is 0 Å². The zero-order chi connectivity index (χ0) is 13.5. The fourth-order valence-electron chi connectivity index (χ4n) is 2.94. The number of nitriles is 1. The second-order valence-corrected chi connectivity index (χ2v) is 5.65. The van der Waals surface area contributed by atoms with Gasteiger partial charge in [-0.15, -0.1) is 0 Å². The Labute approximate surface area is 117 Å². The highest BCUT2D eigenvalue weighted by Gasteiger charge is 2.50. The molecule has 0 spiro atoms. The molecule has 2 heterocycles. The number of hydrogen-bond donors (Lipinski definition) is 1. The van der Waals surface area contributed by atoms with Crippen LogP contribution in [0.5, 0.6) is 0 Å². The summed E-state index contributed by atoms with van der Waals surface area (Å²) in [5.74, 6) is 0.308. The molecule has 0 radical (unpaired) electrons. The standard InChI is InChI=1S/C14H15ClN2O2/c1-9-4-11-7-19-17-14(11,8-18-9)12-5-10(6-16)2-3-13(12)15/h2-3,5,9,11,17H,4,7-8H2,1H3/t9-,11?,14-/m0/s1. The van der Waals surface area contributed by atoms with Crippen LogP contribution in [0.15, 0.2) is 18.2 Å². The third-order valence-corrected chi connectivity index (χ3v) is 4.35. The highest BCUT2D eigenvalue weighted by molar-refractivity contribution is 6.31. The van der Waals surface area contributed by atoms with Crippen LogP contribution < -0.4 is 5.48 Å². The van der Waals surface area contributed by atoms with Crippen molar-refractivity contribution >= 4 is 11.6 Å². The molecule has 0 saturated carbocycles. The summed E-state index contributed by atoms with van der Waals surface area (Å²) in [4.78, 5) is 5.45. The minimum Gasteiger partial charge on any atom is -0.376 e. The molecule has 2 aliphatic rings. The monoisotopic (exact) mass is 278 g/mol. The van der Waals surface area contributed by atoms with E-state index in [1.54, 1.807) is 12.1 Å². The maximum Gasteiger partial charge on any atom is 0.0991 e. The number of hydroxylamine groups is 1. The van der Waals surface area contributed by atoms with Gasteiger partial charge in [0.05, 0.1) is 36.5 Å². The molecule has 3 rings (SSSR count). The van der Waals surface area contributed by atoms with Crippen LogP contribution >= 0.6 is 11.6 Å². The molecule has 100 valence electrons. The average molecular weight is 279 g/mol. The summed E-state index contributed by atoms with van der Waals surface area (Å²) < 4.78 is 5.79. The van der Waals surface area contributed by atoms with Crippen LogP contribution in [-0.4, -0.2) is 19.3 Å². The van der Waals surface area contributed by atoms with E-state index in [-0.39, 0.29) is 6.10 Å². The molecule has 19 heavy (non-hydrogen) atoms. The molecule has 1 aromatic rings. The molecule has 2 aliphatic heterocycles. The number of benzene rings is 1. The topological polar surface area (TPSA) is 54.3 Å². The van der Waals surface area contributed by atoms with Crippen molar-refractivity contribution in [2.75, 3.05) is 13.2 Å². The minimum absolute atomic E-state index is 0.222. The minimum atomic E-state index is -0.434. The molecule has 0 bridgehead atoms. The van der Waals surface area contributed by atoms with Crippen LogP contribution in [0.3, 0.4) is 0 Å². The molecule has 4 nitrogen and oxygen atoms in total. The Morgan fingerprint density at radius 2 is 2.37 bits per heavy atom. The van der Waals surface area contributed by atoms with Gasteiger partial charge in [-0.1, -0.05) is 11.6 Å². The van der Waals surface area contributed by atoms with Crippen molar-refractivity contribution in [2.24, 2.45) is 5.92 Å². The zero-order valence-corrected chi connectivity index (χ0v) is 11.4. The molecule has 2 fully saturated rings. The molecule has 0 aliphatic carbocycles. The number of nitrogens with zero attached hydrogens (tertiary/aromatic N) is 1. The van der Waals surface area contributed by atoms with Crippen molar-refractivity contribution in [2.45, 2.75) is 25.0 Å². The smallest absolute Gasteiger partial charge is 0.0991 e. The Bertz CT molecular complexity index is 543. The predicted octanol–water partition coefficient (Wildman–Crippen LogP) is 2.37. The van der Waals surface area contributed by atoms with E-state index in [2.05, 4.69) is 18.5 Å². The van der Waals surface area contributed by atoms with E-state index in [0.717, 1.165) is 12.0 Å². The number of rotatable bonds is 1. The Kier molecular flexibility index (Phi) is 3.23. The van der Waals surface area contributed by atoms with Crippen LogP contribution in [-0.2, 0) is 15.1 Å². The van der Waals surface area contributed by atoms with Gasteiger partial charge >= 0.3 is 0 Å². The van der Waals surface area contributed by atoms with Crippen molar-refractivity contribution < 1.29 is 9.57 Å². The van der Waals surface area contributed by atoms with Gasteiger partial charge in [0.2, 0.25) is 0 Å². The number of halogens is 1. The van der Waals surface area contributed by atoms with E-state index >= 15 is 0 Å². The Morgan fingerprint density at radius 1 is 1.53 bits per heavy atom. The summed E-state index contributed by atoms with van der Waals surface area (Å²) in [6, 6.07) is 7.47. The van der Waals surface area contributed by atoms with Crippen molar-refractivity contribution in [1.82, 2.24) is 5.48 Å². The van der Waals surface area contributed by atoms with Gasteiger partial charge < -0.3 is 9.57 Å². The fourth-order valence-corrected chi connectivity index (χ4v) is 3.23. The molecule has 3 atom stereocenters. The Hall–Kier alpha value is -1.12. The van der Waals surface area contributed by atoms with Gasteiger partial charge in [-0.2, -0.15) is 10.7 Å². The highest BCUT2D eigenvalue weighted by atomic mass is 35.5. The maximum absolute atomic E-state index is 9.06. The Morgan fingerprint density at radius 3 is 3.16 bits per heavy atom. The van der Waals surface area contributed by atoms with Crippen molar-refractivity contribution in [3.05, 3.63) is 34.3 Å². The lowest BCUT2D eigenvalue weighted by molar-refractivity contribution is -0.0602. The summed E-state index contributed by atoms with van der Waals surface area (Å²) in [5, 5.41) is 9.69. The van der Waals surface area contributed by atoms with Gasteiger partial charge in [0.25, 0.3) is 0 Å². The van der Waals surface area contributed by atoms with Crippen molar-refractivity contribution in [3.8, 4) is 6.07 Å². The van der Waals surface area contributed by atoms with Crippen LogP contribution in [0.1, 0.15) is 24.5 Å². The van der Waals surface area contributed by atoms with Gasteiger partial charge in [0.15, 0.2) is 0 Å². The second kappa shape index (κ2) is 4.77. The third kappa shape index (κ3) is 2.03. The first-order valence-corrected chi connectivity index (χ1v) is 6.74. The van der Waals surface area contributed by atoms with Gasteiger partial charge in [0.1, 0.15) is 0 Å². The third-order valence-electron chi connectivity index (χ3n) is 4.02. The zero-order valence-electron chi connectivity index (χ0n) is 10.6. The van der Waals surface area contributed by atoms with Gasteiger partial charge in [-0.3, -0.25) is 0 Å². The SMILES string of the molecule is C[C@H]1CC2CON[C@@]2(c2cc(C#N)ccc2Cl)CO1. The summed E-state index contributed by atoms with van der Waals surface area (Å²) in [5.41, 5.74) is 4.14. The van der Waals surface area contributed by atoms with Gasteiger partial charge in [0, 0.05) is 10.9 Å². The lowest BCUT2D eigenvalue weighted by Crippen LogP contribution is -2.51. The number of hydrogen-bond acceptors (Lipinski definition) is 4. The molecular formula is C14H15ClN2O2. The molecule has 1 unspecified atom stereocenters. The van der Waals surface area contributed by atoms with E-state index < -0.39 is 5.54 Å².